The molecule has 0 heterocycles. The largest absolute Gasteiger partial charge is 0.465 e. The predicted octanol–water partition coefficient (Wildman–Crippen LogP) is 2.98. The molecule has 0 saturated carbocycles. The molecule has 0 spiro atoms. The summed E-state index contributed by atoms with van der Waals surface area (Å²) >= 11 is 0. The maximum absolute atomic E-state index is 12.1. The molecule has 2 aromatic rings. The first-order valence-electron chi connectivity index (χ1n) is 8.26. The molecule has 2 aromatic carbocycles. The normalized spacial score (nSPS) is 10.4. The summed E-state index contributed by atoms with van der Waals surface area (Å²) in [5, 5.41) is 14.3. The zero-order valence-corrected chi connectivity index (χ0v) is 14.8. The van der Waals surface area contributed by atoms with Crippen molar-refractivity contribution in [1.29, 1.82) is 5.26 Å². The van der Waals surface area contributed by atoms with Crippen LogP contribution in [-0.4, -0.2) is 25.0 Å². The first-order valence-corrected chi connectivity index (χ1v) is 8.26. The molecule has 0 bridgehead atoms. The fourth-order valence-corrected chi connectivity index (χ4v) is 2.03. The van der Waals surface area contributed by atoms with Crippen LogP contribution in [0.1, 0.15) is 6.92 Å². The van der Waals surface area contributed by atoms with Crippen molar-refractivity contribution in [3.63, 3.8) is 0 Å². The number of anilines is 1. The number of rotatable bonds is 8. The number of hydrogen-bond acceptors (Lipinski definition) is 6. The van der Waals surface area contributed by atoms with Gasteiger partial charge in [-0.25, -0.2) is 0 Å². The summed E-state index contributed by atoms with van der Waals surface area (Å²) in [6.07, 6.45) is 1.18. The van der Waals surface area contributed by atoms with Crippen molar-refractivity contribution in [2.45, 2.75) is 6.92 Å². The molecule has 2 rings (SSSR count). The third-order valence-electron chi connectivity index (χ3n) is 3.25. The standard InChI is InChI=1S/C20H19N3O4/c1-2-26-19(24)14-22-13-15(12-21)20(25)23-16-8-10-18(11-9-16)27-17-6-4-3-5-7-17/h3-11,13,22H,2,14H2,1H3,(H,23,25)/b15-13-. The van der Waals surface area contributed by atoms with Crippen molar-refractivity contribution in [2.75, 3.05) is 18.5 Å². The lowest BCUT2D eigenvalue weighted by Gasteiger charge is -2.08. The number of benzene rings is 2. The van der Waals surface area contributed by atoms with Gasteiger partial charge in [0.25, 0.3) is 5.91 Å². The van der Waals surface area contributed by atoms with Gasteiger partial charge in [0.05, 0.1) is 6.61 Å². The van der Waals surface area contributed by atoms with Gasteiger partial charge in [0.2, 0.25) is 0 Å². The van der Waals surface area contributed by atoms with E-state index in [0.717, 1.165) is 0 Å². The van der Waals surface area contributed by atoms with E-state index >= 15 is 0 Å². The molecule has 0 unspecified atom stereocenters. The molecule has 1 amide bonds. The quantitative estimate of drug-likeness (QED) is 0.424. The fraction of sp³-hybridized carbons (Fsp3) is 0.150. The van der Waals surface area contributed by atoms with Crippen molar-refractivity contribution < 1.29 is 19.1 Å². The molecule has 0 aliphatic heterocycles. The van der Waals surface area contributed by atoms with Gasteiger partial charge >= 0.3 is 5.97 Å². The number of carbonyl (C=O) groups is 2. The monoisotopic (exact) mass is 365 g/mol. The summed E-state index contributed by atoms with van der Waals surface area (Å²) in [7, 11) is 0. The summed E-state index contributed by atoms with van der Waals surface area (Å²) < 4.78 is 10.4. The van der Waals surface area contributed by atoms with E-state index in [1.807, 2.05) is 30.3 Å². The van der Waals surface area contributed by atoms with E-state index in [0.29, 0.717) is 17.2 Å². The van der Waals surface area contributed by atoms with E-state index in [4.69, 9.17) is 14.7 Å². The highest BCUT2D eigenvalue weighted by Gasteiger charge is 2.10. The highest BCUT2D eigenvalue weighted by Crippen LogP contribution is 2.22. The van der Waals surface area contributed by atoms with Crippen LogP contribution in [0.4, 0.5) is 5.69 Å². The van der Waals surface area contributed by atoms with Crippen LogP contribution in [0.2, 0.25) is 0 Å². The molecule has 7 nitrogen and oxygen atoms in total. The molecular formula is C20H19N3O4. The van der Waals surface area contributed by atoms with E-state index < -0.39 is 11.9 Å². The Hall–Kier alpha value is -3.79. The first-order chi connectivity index (χ1) is 13.1. The molecule has 2 N–H and O–H groups in total. The number of nitrogens with one attached hydrogen (secondary N) is 2. The summed E-state index contributed by atoms with van der Waals surface area (Å²) in [6, 6.07) is 17.8. The second-order valence-electron chi connectivity index (χ2n) is 5.25. The second-order valence-corrected chi connectivity index (χ2v) is 5.25. The number of esters is 1. The number of nitrogens with zero attached hydrogens (tertiary/aromatic N) is 1. The summed E-state index contributed by atoms with van der Waals surface area (Å²) in [4.78, 5) is 23.4. The Bertz CT molecular complexity index is 840. The van der Waals surface area contributed by atoms with Gasteiger partial charge in [0.15, 0.2) is 0 Å². The molecule has 0 fully saturated rings. The molecule has 7 heteroatoms. The van der Waals surface area contributed by atoms with E-state index in [-0.39, 0.29) is 18.7 Å². The zero-order valence-electron chi connectivity index (χ0n) is 14.8. The maximum Gasteiger partial charge on any atom is 0.325 e. The summed E-state index contributed by atoms with van der Waals surface area (Å²) in [6.45, 7) is 1.83. The van der Waals surface area contributed by atoms with E-state index in [1.165, 1.54) is 6.20 Å². The SMILES string of the molecule is CCOC(=O)CN/C=C(/C#N)C(=O)Nc1ccc(Oc2ccccc2)cc1. The van der Waals surface area contributed by atoms with Gasteiger partial charge in [0, 0.05) is 11.9 Å². The lowest BCUT2D eigenvalue weighted by molar-refractivity contribution is -0.141. The van der Waals surface area contributed by atoms with E-state index in [2.05, 4.69) is 10.6 Å². The molecular weight excluding hydrogens is 346 g/mol. The number of carbonyl (C=O) groups excluding carboxylic acids is 2. The van der Waals surface area contributed by atoms with Crippen LogP contribution >= 0.6 is 0 Å². The maximum atomic E-state index is 12.1. The van der Waals surface area contributed by atoms with Crippen molar-refractivity contribution >= 4 is 17.6 Å². The smallest absolute Gasteiger partial charge is 0.325 e. The minimum absolute atomic E-state index is 0.127. The number of para-hydroxylation sites is 1. The second kappa shape index (κ2) is 10.3. The molecule has 27 heavy (non-hydrogen) atoms. The van der Waals surface area contributed by atoms with E-state index in [9.17, 15) is 9.59 Å². The fourth-order valence-electron chi connectivity index (χ4n) is 2.03. The molecule has 0 atom stereocenters. The highest BCUT2D eigenvalue weighted by molar-refractivity contribution is 6.06. The Morgan fingerprint density at radius 2 is 1.74 bits per heavy atom. The lowest BCUT2D eigenvalue weighted by Crippen LogP contribution is -2.22. The van der Waals surface area contributed by atoms with Crippen LogP contribution in [0.5, 0.6) is 11.5 Å². The predicted molar refractivity (Wildman–Crippen MR) is 99.9 cm³/mol. The van der Waals surface area contributed by atoms with Crippen LogP contribution in [0.25, 0.3) is 0 Å². The minimum atomic E-state index is -0.592. The van der Waals surface area contributed by atoms with Crippen LogP contribution in [0.15, 0.2) is 66.4 Å². The number of hydrogen-bond donors (Lipinski definition) is 2. The van der Waals surface area contributed by atoms with Crippen molar-refractivity contribution in [2.24, 2.45) is 0 Å². The average Bonchev–Trinajstić information content (AvgIpc) is 2.68. The molecule has 0 aliphatic rings. The van der Waals surface area contributed by atoms with Gasteiger partial charge in [-0.05, 0) is 43.3 Å². The Morgan fingerprint density at radius 3 is 2.37 bits per heavy atom. The van der Waals surface area contributed by atoms with Gasteiger partial charge in [-0.2, -0.15) is 5.26 Å². The molecule has 0 aromatic heterocycles. The Morgan fingerprint density at radius 1 is 1.07 bits per heavy atom. The van der Waals surface area contributed by atoms with Gasteiger partial charge in [-0.1, -0.05) is 18.2 Å². The van der Waals surface area contributed by atoms with Gasteiger partial charge in [0.1, 0.15) is 29.7 Å². The molecule has 138 valence electrons. The first kappa shape index (κ1) is 19.5. The zero-order chi connectivity index (χ0) is 19.5. The summed E-state index contributed by atoms with van der Waals surface area (Å²) in [5.74, 6) is 0.258. The van der Waals surface area contributed by atoms with Gasteiger partial charge < -0.3 is 20.1 Å². The topological polar surface area (TPSA) is 100 Å². The van der Waals surface area contributed by atoms with Gasteiger partial charge in [-0.3, -0.25) is 9.59 Å². The van der Waals surface area contributed by atoms with Crippen LogP contribution in [-0.2, 0) is 14.3 Å². The minimum Gasteiger partial charge on any atom is -0.465 e. The van der Waals surface area contributed by atoms with Crippen molar-refractivity contribution in [3.8, 4) is 17.6 Å². The van der Waals surface area contributed by atoms with Crippen LogP contribution < -0.4 is 15.4 Å². The number of ether oxygens (including phenoxy) is 2. The Labute approximate surface area is 157 Å². The lowest BCUT2D eigenvalue weighted by atomic mass is 10.2. The molecule has 0 aliphatic carbocycles. The number of nitriles is 1. The van der Waals surface area contributed by atoms with Crippen LogP contribution in [0, 0.1) is 11.3 Å². The van der Waals surface area contributed by atoms with Gasteiger partial charge in [-0.15, -0.1) is 0 Å². The highest BCUT2D eigenvalue weighted by atomic mass is 16.5. The summed E-state index contributed by atoms with van der Waals surface area (Å²) in [5.41, 5.74) is 0.343. The van der Waals surface area contributed by atoms with Crippen molar-refractivity contribution in [1.82, 2.24) is 5.32 Å². The Kier molecular flexibility index (Phi) is 7.42. The van der Waals surface area contributed by atoms with Crippen molar-refractivity contribution in [3.05, 3.63) is 66.4 Å². The third kappa shape index (κ3) is 6.55. The molecule has 0 radical (unpaired) electrons. The Balaban J connectivity index is 1.91. The van der Waals surface area contributed by atoms with Crippen LogP contribution in [0.3, 0.4) is 0 Å². The van der Waals surface area contributed by atoms with E-state index in [1.54, 1.807) is 37.3 Å². The molecule has 0 saturated heterocycles. The number of amides is 1. The third-order valence-corrected chi connectivity index (χ3v) is 3.25. The average molecular weight is 365 g/mol.